The first-order chi connectivity index (χ1) is 10.1. The van der Waals surface area contributed by atoms with E-state index in [1.54, 1.807) is 24.3 Å². The van der Waals surface area contributed by atoms with Crippen LogP contribution in [0.1, 0.15) is 30.1 Å². The van der Waals surface area contributed by atoms with Crippen molar-refractivity contribution in [3.05, 3.63) is 34.9 Å². The molecule has 0 saturated carbocycles. The van der Waals surface area contributed by atoms with Crippen molar-refractivity contribution in [3.8, 4) is 0 Å². The maximum atomic E-state index is 11.8. The van der Waals surface area contributed by atoms with Gasteiger partial charge in [0, 0.05) is 36.6 Å². The van der Waals surface area contributed by atoms with Gasteiger partial charge >= 0.3 is 0 Å². The van der Waals surface area contributed by atoms with Crippen LogP contribution in [0.2, 0.25) is 5.02 Å². The molecule has 2 amide bonds. The molecule has 0 aliphatic rings. The first-order valence-corrected chi connectivity index (χ1v) is 7.52. The molecule has 0 unspecified atom stereocenters. The Morgan fingerprint density at radius 1 is 1.05 bits per heavy atom. The van der Waals surface area contributed by atoms with E-state index < -0.39 is 0 Å². The van der Waals surface area contributed by atoms with E-state index >= 15 is 0 Å². The van der Waals surface area contributed by atoms with Crippen LogP contribution in [0, 0.1) is 0 Å². The molecule has 0 aliphatic heterocycles. The number of hydrogen-bond donors (Lipinski definition) is 3. The summed E-state index contributed by atoms with van der Waals surface area (Å²) in [6.45, 7) is 4.79. The van der Waals surface area contributed by atoms with Gasteiger partial charge in [0.2, 0.25) is 5.91 Å². The monoisotopic (exact) mass is 347 g/mol. The van der Waals surface area contributed by atoms with E-state index in [4.69, 9.17) is 11.6 Å². The lowest BCUT2D eigenvalue weighted by molar-refractivity contribution is -0.121. The molecule has 22 heavy (non-hydrogen) atoms. The zero-order chi connectivity index (χ0) is 15.5. The van der Waals surface area contributed by atoms with E-state index in [0.29, 0.717) is 36.5 Å². The molecule has 0 radical (unpaired) electrons. The smallest absolute Gasteiger partial charge is 0.251 e. The molecule has 0 bridgehead atoms. The number of hydrogen-bond acceptors (Lipinski definition) is 3. The highest BCUT2D eigenvalue weighted by Crippen LogP contribution is 2.09. The molecule has 7 heteroatoms. The van der Waals surface area contributed by atoms with Crippen LogP contribution in [0.5, 0.6) is 0 Å². The summed E-state index contributed by atoms with van der Waals surface area (Å²) in [5, 5.41) is 9.32. The minimum absolute atomic E-state index is 0. The van der Waals surface area contributed by atoms with Crippen molar-refractivity contribution in [1.82, 2.24) is 16.0 Å². The van der Waals surface area contributed by atoms with Crippen LogP contribution in [0.25, 0.3) is 0 Å². The second-order valence-corrected chi connectivity index (χ2v) is 5.01. The van der Waals surface area contributed by atoms with Crippen LogP contribution >= 0.6 is 24.0 Å². The summed E-state index contributed by atoms with van der Waals surface area (Å²) in [5.41, 5.74) is 0.564. The Balaban J connectivity index is 0.00000441. The fourth-order valence-electron chi connectivity index (χ4n) is 1.71. The molecule has 1 rings (SSSR count). The van der Waals surface area contributed by atoms with Crippen molar-refractivity contribution >= 4 is 35.8 Å². The first-order valence-electron chi connectivity index (χ1n) is 7.14. The first kappa shape index (κ1) is 20.7. The van der Waals surface area contributed by atoms with Crippen molar-refractivity contribution in [2.24, 2.45) is 0 Å². The molecule has 124 valence electrons. The van der Waals surface area contributed by atoms with Crippen LogP contribution in [-0.4, -0.2) is 38.0 Å². The van der Waals surface area contributed by atoms with Crippen molar-refractivity contribution in [3.63, 3.8) is 0 Å². The number of likely N-dealkylation sites (N-methyl/N-ethyl adjacent to an activating group) is 1. The Labute approximate surface area is 142 Å². The lowest BCUT2D eigenvalue weighted by atomic mass is 10.2. The summed E-state index contributed by atoms with van der Waals surface area (Å²) in [7, 11) is 0. The Morgan fingerprint density at radius 2 is 1.73 bits per heavy atom. The van der Waals surface area contributed by atoms with E-state index in [1.807, 2.05) is 6.92 Å². The number of amides is 2. The zero-order valence-corrected chi connectivity index (χ0v) is 14.2. The summed E-state index contributed by atoms with van der Waals surface area (Å²) >= 11 is 5.76. The van der Waals surface area contributed by atoms with Crippen molar-refractivity contribution < 1.29 is 9.59 Å². The Kier molecular flexibility index (Phi) is 11.5. The predicted octanol–water partition coefficient (Wildman–Crippen LogP) is 2.00. The maximum absolute atomic E-state index is 11.8. The van der Waals surface area contributed by atoms with Crippen molar-refractivity contribution in [1.29, 1.82) is 0 Å². The molecule has 0 aliphatic carbocycles. The van der Waals surface area contributed by atoms with Crippen molar-refractivity contribution in [2.75, 3.05) is 26.2 Å². The van der Waals surface area contributed by atoms with Gasteiger partial charge in [-0.2, -0.15) is 0 Å². The highest BCUT2D eigenvalue weighted by Gasteiger charge is 2.05. The molecule has 0 fully saturated rings. The molecule has 1 aromatic rings. The molecule has 0 atom stereocenters. The van der Waals surface area contributed by atoms with Crippen LogP contribution < -0.4 is 16.0 Å². The fraction of sp³-hybridized carbons (Fsp3) is 0.467. The van der Waals surface area contributed by atoms with Gasteiger partial charge in [0.05, 0.1) is 0 Å². The van der Waals surface area contributed by atoms with Crippen LogP contribution in [0.15, 0.2) is 24.3 Å². The number of halogens is 2. The summed E-state index contributed by atoms with van der Waals surface area (Å²) in [5.74, 6) is -0.145. The van der Waals surface area contributed by atoms with E-state index in [-0.39, 0.29) is 24.2 Å². The Hall–Kier alpha value is -1.30. The fourth-order valence-corrected chi connectivity index (χ4v) is 1.84. The maximum Gasteiger partial charge on any atom is 0.251 e. The Bertz CT molecular complexity index is 453. The zero-order valence-electron chi connectivity index (χ0n) is 12.7. The van der Waals surface area contributed by atoms with Gasteiger partial charge in [-0.05, 0) is 37.2 Å². The third kappa shape index (κ3) is 8.87. The van der Waals surface area contributed by atoms with Gasteiger partial charge in [0.15, 0.2) is 0 Å². The quantitative estimate of drug-likeness (QED) is 0.598. The second-order valence-electron chi connectivity index (χ2n) is 4.57. The third-order valence-corrected chi connectivity index (χ3v) is 3.10. The minimum atomic E-state index is -0.153. The van der Waals surface area contributed by atoms with Crippen LogP contribution in [0.3, 0.4) is 0 Å². The number of carbonyl (C=O) groups excluding carboxylic acids is 2. The van der Waals surface area contributed by atoms with Gasteiger partial charge in [-0.15, -0.1) is 12.4 Å². The van der Waals surface area contributed by atoms with Gasteiger partial charge in [-0.1, -0.05) is 18.5 Å². The summed E-state index contributed by atoms with van der Waals surface area (Å²) in [6, 6.07) is 6.69. The van der Waals surface area contributed by atoms with Crippen LogP contribution in [0.4, 0.5) is 0 Å². The minimum Gasteiger partial charge on any atom is -0.355 e. The highest BCUT2D eigenvalue weighted by atomic mass is 35.5. The molecular formula is C15H23Cl2N3O2. The van der Waals surface area contributed by atoms with Crippen LogP contribution in [-0.2, 0) is 4.79 Å². The average molecular weight is 348 g/mol. The Morgan fingerprint density at radius 3 is 2.36 bits per heavy atom. The lowest BCUT2D eigenvalue weighted by Crippen LogP contribution is -2.32. The molecule has 0 spiro atoms. The highest BCUT2D eigenvalue weighted by molar-refractivity contribution is 6.30. The van der Waals surface area contributed by atoms with E-state index in [9.17, 15) is 9.59 Å². The average Bonchev–Trinajstić information content (AvgIpc) is 2.48. The van der Waals surface area contributed by atoms with Crippen molar-refractivity contribution in [2.45, 2.75) is 19.8 Å². The predicted molar refractivity (Wildman–Crippen MR) is 91.8 cm³/mol. The van der Waals surface area contributed by atoms with E-state index in [2.05, 4.69) is 16.0 Å². The molecule has 0 aromatic heterocycles. The summed E-state index contributed by atoms with van der Waals surface area (Å²) in [6.07, 6.45) is 1.03. The van der Waals surface area contributed by atoms with Gasteiger partial charge in [-0.25, -0.2) is 0 Å². The molecule has 3 N–H and O–H groups in total. The lowest BCUT2D eigenvalue weighted by Gasteiger charge is -2.07. The third-order valence-electron chi connectivity index (χ3n) is 2.85. The molecule has 1 aromatic carbocycles. The molecule has 5 nitrogen and oxygen atoms in total. The molecule has 0 heterocycles. The van der Waals surface area contributed by atoms with Gasteiger partial charge in [-0.3, -0.25) is 9.59 Å². The SMILES string of the molecule is CCNCCNC(=O)CCCNC(=O)c1ccc(Cl)cc1.Cl. The largest absolute Gasteiger partial charge is 0.355 e. The topological polar surface area (TPSA) is 70.2 Å². The molecular weight excluding hydrogens is 325 g/mol. The van der Waals surface area contributed by atoms with E-state index in [0.717, 1.165) is 13.1 Å². The van der Waals surface area contributed by atoms with Gasteiger partial charge in [0.25, 0.3) is 5.91 Å². The second kappa shape index (κ2) is 12.3. The standard InChI is InChI=1S/C15H22ClN3O2.ClH/c1-2-17-10-11-18-14(20)4-3-9-19-15(21)12-5-7-13(16)8-6-12;/h5-8,17H,2-4,9-11H2,1H3,(H,18,20)(H,19,21);1H. The summed E-state index contributed by atoms with van der Waals surface area (Å²) < 4.78 is 0. The summed E-state index contributed by atoms with van der Waals surface area (Å²) in [4.78, 5) is 23.3. The number of nitrogens with one attached hydrogen (secondary N) is 3. The normalized spacial score (nSPS) is 9.73. The number of benzene rings is 1. The van der Waals surface area contributed by atoms with Gasteiger partial charge < -0.3 is 16.0 Å². The molecule has 0 saturated heterocycles. The van der Waals surface area contributed by atoms with Gasteiger partial charge in [0.1, 0.15) is 0 Å². The van der Waals surface area contributed by atoms with E-state index in [1.165, 1.54) is 0 Å². The number of rotatable bonds is 9. The number of carbonyl (C=O) groups is 2.